The van der Waals surface area contributed by atoms with Crippen LogP contribution in [0.5, 0.6) is 0 Å². The van der Waals surface area contributed by atoms with Crippen LogP contribution in [0.15, 0.2) is 0 Å². The maximum absolute atomic E-state index is 11.7. The van der Waals surface area contributed by atoms with Gasteiger partial charge in [0.2, 0.25) is 0 Å². The third-order valence-electron chi connectivity index (χ3n) is 3.41. The van der Waals surface area contributed by atoms with Gasteiger partial charge in [-0.1, -0.05) is 39.3 Å². The Hall–Kier alpha value is 0.0506. The lowest BCUT2D eigenvalue weighted by Crippen LogP contribution is -2.67. The normalized spacial score (nSPS) is 13.5. The molecule has 0 aliphatic heterocycles. The molecule has 96 valence electrons. The average Bonchev–Trinajstić information content (AvgIpc) is 1.99. The summed E-state index contributed by atoms with van der Waals surface area (Å²) in [6.07, 6.45) is 0. The molecule has 0 aromatic heterocycles. The van der Waals surface area contributed by atoms with E-state index in [2.05, 4.69) is 46.2 Å². The summed E-state index contributed by atoms with van der Waals surface area (Å²) in [6.45, 7) is 18.0. The third-order valence-corrected chi connectivity index (χ3v) is 15.3. The molecule has 0 aliphatic rings. The van der Waals surface area contributed by atoms with Crippen molar-refractivity contribution in [1.82, 2.24) is 0 Å². The first kappa shape index (κ1) is 16.1. The molecular formula is C10H26O3Si3. The summed E-state index contributed by atoms with van der Waals surface area (Å²) in [5.41, 5.74) is 0. The van der Waals surface area contributed by atoms with Gasteiger partial charge in [-0.2, -0.15) is 0 Å². The molecule has 0 atom stereocenters. The second kappa shape index (κ2) is 5.14. The smallest absolute Gasteiger partial charge is 0.497 e. The maximum atomic E-state index is 11.7. The van der Waals surface area contributed by atoms with E-state index >= 15 is 0 Å². The molecule has 6 heteroatoms. The zero-order chi connectivity index (χ0) is 13.2. The Kier molecular flexibility index (Phi) is 5.15. The van der Waals surface area contributed by atoms with Crippen LogP contribution in [-0.2, 0) is 13.3 Å². The lowest BCUT2D eigenvalue weighted by molar-refractivity contribution is 0.136. The van der Waals surface area contributed by atoms with Crippen molar-refractivity contribution in [1.29, 1.82) is 0 Å². The topological polar surface area (TPSA) is 35.5 Å². The Morgan fingerprint density at radius 2 is 1.44 bits per heavy atom. The molecule has 3 nitrogen and oxygen atoms in total. The first-order valence-corrected chi connectivity index (χ1v) is 14.0. The molecule has 0 heterocycles. The highest BCUT2D eigenvalue weighted by Crippen LogP contribution is 2.34. The van der Waals surface area contributed by atoms with Crippen LogP contribution in [0.25, 0.3) is 0 Å². The van der Waals surface area contributed by atoms with E-state index in [0.717, 1.165) is 0 Å². The van der Waals surface area contributed by atoms with Gasteiger partial charge in [-0.25, -0.2) is 0 Å². The highest BCUT2D eigenvalue weighted by atomic mass is 28.4. The minimum absolute atomic E-state index is 0.217. The van der Waals surface area contributed by atoms with E-state index in [1.165, 1.54) is 0 Å². The fourth-order valence-electron chi connectivity index (χ4n) is 1.75. The Labute approximate surface area is 103 Å². The number of rotatable bonds is 6. The van der Waals surface area contributed by atoms with Crippen LogP contribution in [0.1, 0.15) is 13.8 Å². The molecule has 0 N–H and O–H groups in total. The van der Waals surface area contributed by atoms with Crippen molar-refractivity contribution >= 4 is 25.3 Å². The summed E-state index contributed by atoms with van der Waals surface area (Å²) >= 11 is 0. The van der Waals surface area contributed by atoms with Gasteiger partial charge in [0.15, 0.2) is 0 Å². The fraction of sp³-hybridized carbons (Fsp3) is 1.00. The van der Waals surface area contributed by atoms with Crippen LogP contribution in [0.2, 0.25) is 39.3 Å². The van der Waals surface area contributed by atoms with Crippen molar-refractivity contribution in [2.24, 2.45) is 0 Å². The zero-order valence-corrected chi connectivity index (χ0v) is 14.9. The highest BCUT2D eigenvalue weighted by Gasteiger charge is 2.52. The predicted octanol–water partition coefficient (Wildman–Crippen LogP) is 2.97. The Morgan fingerprint density at radius 1 is 1.06 bits per heavy atom. The predicted molar refractivity (Wildman–Crippen MR) is 74.2 cm³/mol. The van der Waals surface area contributed by atoms with Gasteiger partial charge in [0, 0.05) is 0 Å². The van der Waals surface area contributed by atoms with Crippen molar-refractivity contribution in [2.75, 3.05) is 6.61 Å². The zero-order valence-electron chi connectivity index (χ0n) is 11.9. The molecular weight excluding hydrogens is 252 g/mol. The number of hydrogen-bond acceptors (Lipinski definition) is 3. The molecule has 0 rings (SSSR count). The van der Waals surface area contributed by atoms with Gasteiger partial charge in [0.05, 0.1) is 27.6 Å². The van der Waals surface area contributed by atoms with Gasteiger partial charge in [-0.15, -0.1) is 0 Å². The van der Waals surface area contributed by atoms with Gasteiger partial charge >= 0.3 is 9.17 Å². The maximum Gasteiger partial charge on any atom is 0.767 e. The van der Waals surface area contributed by atoms with Gasteiger partial charge in [-0.3, -0.25) is 4.46 Å². The summed E-state index contributed by atoms with van der Waals surface area (Å²) in [6, 6.07) is 0. The van der Waals surface area contributed by atoms with E-state index < -0.39 is 25.3 Å². The van der Waals surface area contributed by atoms with Crippen molar-refractivity contribution in [3.63, 3.8) is 0 Å². The molecule has 0 aromatic rings. The molecule has 0 unspecified atom stereocenters. The molecule has 0 radical (unpaired) electrons. The van der Waals surface area contributed by atoms with E-state index in [9.17, 15) is 4.46 Å². The van der Waals surface area contributed by atoms with E-state index in [1.807, 2.05) is 6.92 Å². The SMILES string of the molecule is CCO[Si](=O)OC(C)([Si](C)(C)C)[Si](C)(C)C. The highest BCUT2D eigenvalue weighted by molar-refractivity contribution is 6.98. The van der Waals surface area contributed by atoms with Crippen LogP contribution in [0.4, 0.5) is 0 Å². The lowest BCUT2D eigenvalue weighted by atomic mass is 10.8. The average molecular weight is 279 g/mol. The number of hydrogen-bond donors (Lipinski definition) is 0. The standard InChI is InChI=1S/C10H26O3Si3/c1-9-12-14(11)13-10(2,15(3,4)5)16(6,7)8/h9H2,1-8H3. The van der Waals surface area contributed by atoms with Gasteiger partial charge in [-0.05, 0) is 13.8 Å². The van der Waals surface area contributed by atoms with Gasteiger partial charge in [0.25, 0.3) is 0 Å². The minimum atomic E-state index is -2.34. The summed E-state index contributed by atoms with van der Waals surface area (Å²) in [7, 11) is -5.45. The van der Waals surface area contributed by atoms with E-state index in [-0.39, 0.29) is 4.85 Å². The molecule has 0 amide bonds. The van der Waals surface area contributed by atoms with Crippen molar-refractivity contribution in [2.45, 2.75) is 58.0 Å². The molecule has 0 saturated heterocycles. The van der Waals surface area contributed by atoms with Crippen LogP contribution in [0, 0.1) is 0 Å². The largest absolute Gasteiger partial charge is 0.767 e. The Bertz CT molecular complexity index is 239. The summed E-state index contributed by atoms with van der Waals surface area (Å²) in [5.74, 6) is 0. The lowest BCUT2D eigenvalue weighted by Gasteiger charge is -2.48. The first-order valence-electron chi connectivity index (χ1n) is 5.81. The second-order valence-corrected chi connectivity index (χ2v) is 18.7. The molecule has 16 heavy (non-hydrogen) atoms. The summed E-state index contributed by atoms with van der Waals surface area (Å²) in [5, 5.41) is 0. The summed E-state index contributed by atoms with van der Waals surface area (Å²) < 4.78 is 22.7. The molecule has 0 aliphatic carbocycles. The quantitative estimate of drug-likeness (QED) is 0.701. The fourth-order valence-corrected chi connectivity index (χ4v) is 14.3. The molecule has 0 bridgehead atoms. The van der Waals surface area contributed by atoms with Crippen molar-refractivity contribution in [3.8, 4) is 0 Å². The monoisotopic (exact) mass is 278 g/mol. The Balaban J connectivity index is 5.06. The van der Waals surface area contributed by atoms with Crippen LogP contribution >= 0.6 is 0 Å². The van der Waals surface area contributed by atoms with Crippen LogP contribution in [0.3, 0.4) is 0 Å². The minimum Gasteiger partial charge on any atom is -0.497 e. The van der Waals surface area contributed by atoms with E-state index in [1.54, 1.807) is 0 Å². The van der Waals surface area contributed by atoms with Crippen molar-refractivity contribution < 1.29 is 13.3 Å². The first-order chi connectivity index (χ1) is 6.95. The van der Waals surface area contributed by atoms with E-state index in [0.29, 0.717) is 6.61 Å². The molecule has 0 spiro atoms. The molecule has 0 fully saturated rings. The van der Waals surface area contributed by atoms with Crippen molar-refractivity contribution in [3.05, 3.63) is 0 Å². The molecule has 0 saturated carbocycles. The van der Waals surface area contributed by atoms with E-state index in [4.69, 9.17) is 8.85 Å². The third kappa shape index (κ3) is 3.53. The molecule has 0 aromatic carbocycles. The Morgan fingerprint density at radius 3 is 1.69 bits per heavy atom. The van der Waals surface area contributed by atoms with Crippen LogP contribution < -0.4 is 0 Å². The van der Waals surface area contributed by atoms with Gasteiger partial charge < -0.3 is 8.85 Å². The summed E-state index contributed by atoms with van der Waals surface area (Å²) in [4.78, 5) is -0.217. The second-order valence-electron chi connectivity index (χ2n) is 6.32. The van der Waals surface area contributed by atoms with Crippen LogP contribution in [-0.4, -0.2) is 36.8 Å². The van der Waals surface area contributed by atoms with Gasteiger partial charge in [0.1, 0.15) is 0 Å².